The highest BCUT2D eigenvalue weighted by molar-refractivity contribution is 5.95. The molecule has 2 aromatic heterocycles. The maximum Gasteiger partial charge on any atom is 0.258 e. The van der Waals surface area contributed by atoms with Crippen molar-refractivity contribution in [2.45, 2.75) is 18.9 Å². The van der Waals surface area contributed by atoms with E-state index in [0.717, 1.165) is 24.0 Å². The number of pyridine rings is 1. The number of hydrogen-bond acceptors (Lipinski definition) is 7. The van der Waals surface area contributed by atoms with Gasteiger partial charge >= 0.3 is 0 Å². The Balaban J connectivity index is 1.63. The highest BCUT2D eigenvalue weighted by Crippen LogP contribution is 2.31. The van der Waals surface area contributed by atoms with E-state index in [0.29, 0.717) is 29.5 Å². The molecule has 0 spiro atoms. The fourth-order valence-corrected chi connectivity index (χ4v) is 3.33. The summed E-state index contributed by atoms with van der Waals surface area (Å²) in [7, 11) is 1.60. The SMILES string of the molecule is CNC(=O)c1cccc(-c2cc(-c3nc(C4CCCN4C#N)no3)ccn2)c1. The topological polar surface area (TPSA) is 108 Å². The van der Waals surface area contributed by atoms with Crippen LogP contribution in [0.1, 0.15) is 35.1 Å². The third-order valence-corrected chi connectivity index (χ3v) is 4.78. The van der Waals surface area contributed by atoms with Gasteiger partial charge in [-0.2, -0.15) is 10.2 Å². The van der Waals surface area contributed by atoms with Gasteiger partial charge in [0.2, 0.25) is 0 Å². The number of hydrogen-bond donors (Lipinski definition) is 1. The van der Waals surface area contributed by atoms with Crippen LogP contribution in [0.25, 0.3) is 22.7 Å². The molecule has 1 atom stereocenters. The Hall–Kier alpha value is -3.73. The number of carbonyl (C=O) groups is 1. The summed E-state index contributed by atoms with van der Waals surface area (Å²) in [6.45, 7) is 0.714. The molecular formula is C20H18N6O2. The highest BCUT2D eigenvalue weighted by atomic mass is 16.5. The van der Waals surface area contributed by atoms with E-state index in [1.807, 2.05) is 18.2 Å². The minimum absolute atomic E-state index is 0.131. The molecule has 1 fully saturated rings. The Labute approximate surface area is 161 Å². The van der Waals surface area contributed by atoms with E-state index in [2.05, 4.69) is 26.6 Å². The minimum atomic E-state index is -0.154. The van der Waals surface area contributed by atoms with Gasteiger partial charge in [-0.3, -0.25) is 14.7 Å². The van der Waals surface area contributed by atoms with E-state index in [-0.39, 0.29) is 11.9 Å². The summed E-state index contributed by atoms with van der Waals surface area (Å²) in [5.41, 5.74) is 2.80. The number of amides is 1. The van der Waals surface area contributed by atoms with Crippen molar-refractivity contribution in [3.8, 4) is 28.9 Å². The molecule has 0 bridgehead atoms. The largest absolute Gasteiger partial charge is 0.355 e. The highest BCUT2D eigenvalue weighted by Gasteiger charge is 2.29. The lowest BCUT2D eigenvalue weighted by Gasteiger charge is -2.13. The molecule has 28 heavy (non-hydrogen) atoms. The fourth-order valence-electron chi connectivity index (χ4n) is 3.33. The van der Waals surface area contributed by atoms with Crippen LogP contribution in [0, 0.1) is 11.5 Å². The minimum Gasteiger partial charge on any atom is -0.355 e. The van der Waals surface area contributed by atoms with E-state index >= 15 is 0 Å². The van der Waals surface area contributed by atoms with Gasteiger partial charge in [0, 0.05) is 36.5 Å². The summed E-state index contributed by atoms with van der Waals surface area (Å²) >= 11 is 0. The second kappa shape index (κ2) is 7.48. The molecule has 8 nitrogen and oxygen atoms in total. The molecule has 0 saturated carbocycles. The van der Waals surface area contributed by atoms with Gasteiger partial charge in [-0.25, -0.2) is 0 Å². The van der Waals surface area contributed by atoms with Crippen LogP contribution in [-0.2, 0) is 0 Å². The molecule has 1 amide bonds. The molecule has 8 heteroatoms. The monoisotopic (exact) mass is 374 g/mol. The van der Waals surface area contributed by atoms with Crippen molar-refractivity contribution in [1.82, 2.24) is 25.3 Å². The zero-order chi connectivity index (χ0) is 19.5. The van der Waals surface area contributed by atoms with Gasteiger partial charge in [-0.1, -0.05) is 17.3 Å². The zero-order valence-electron chi connectivity index (χ0n) is 15.3. The summed E-state index contributed by atoms with van der Waals surface area (Å²) in [6.07, 6.45) is 5.61. The average Bonchev–Trinajstić information content (AvgIpc) is 3.42. The predicted octanol–water partition coefficient (Wildman–Crippen LogP) is 2.78. The first kappa shape index (κ1) is 17.7. The van der Waals surface area contributed by atoms with Crippen LogP contribution in [0.5, 0.6) is 0 Å². The maximum atomic E-state index is 11.9. The van der Waals surface area contributed by atoms with E-state index < -0.39 is 0 Å². The van der Waals surface area contributed by atoms with Crippen LogP contribution < -0.4 is 5.32 Å². The molecule has 0 aliphatic carbocycles. The van der Waals surface area contributed by atoms with E-state index in [9.17, 15) is 10.1 Å². The summed E-state index contributed by atoms with van der Waals surface area (Å²) in [6, 6.07) is 10.7. The van der Waals surface area contributed by atoms with Crippen molar-refractivity contribution in [2.75, 3.05) is 13.6 Å². The first-order valence-electron chi connectivity index (χ1n) is 8.98. The van der Waals surface area contributed by atoms with Crippen LogP contribution in [0.2, 0.25) is 0 Å². The van der Waals surface area contributed by atoms with E-state index in [1.54, 1.807) is 36.3 Å². The van der Waals surface area contributed by atoms with Crippen LogP contribution in [0.3, 0.4) is 0 Å². The second-order valence-corrected chi connectivity index (χ2v) is 6.50. The first-order chi connectivity index (χ1) is 13.7. The first-order valence-corrected chi connectivity index (χ1v) is 8.98. The lowest BCUT2D eigenvalue weighted by atomic mass is 10.1. The molecule has 1 aliphatic heterocycles. The lowest BCUT2D eigenvalue weighted by molar-refractivity contribution is 0.0963. The summed E-state index contributed by atoms with van der Waals surface area (Å²) in [5.74, 6) is 0.748. The Bertz CT molecular complexity index is 1050. The van der Waals surface area contributed by atoms with E-state index in [1.165, 1.54) is 0 Å². The molecular weight excluding hydrogens is 356 g/mol. The van der Waals surface area contributed by atoms with Gasteiger partial charge in [0.05, 0.1) is 5.69 Å². The van der Waals surface area contributed by atoms with Crippen LogP contribution in [-0.4, -0.2) is 39.5 Å². The van der Waals surface area contributed by atoms with Crippen molar-refractivity contribution in [3.05, 3.63) is 54.0 Å². The van der Waals surface area contributed by atoms with Crippen molar-refractivity contribution in [2.24, 2.45) is 0 Å². The van der Waals surface area contributed by atoms with Gasteiger partial charge in [0.15, 0.2) is 12.0 Å². The Morgan fingerprint density at radius 2 is 2.21 bits per heavy atom. The Morgan fingerprint density at radius 1 is 1.32 bits per heavy atom. The predicted molar refractivity (Wildman–Crippen MR) is 101 cm³/mol. The summed E-state index contributed by atoms with van der Waals surface area (Å²) in [4.78, 5) is 22.4. The molecule has 1 unspecified atom stereocenters. The molecule has 1 N–H and O–H groups in total. The molecule has 3 aromatic rings. The third kappa shape index (κ3) is 3.30. The number of aromatic nitrogens is 3. The molecule has 1 aromatic carbocycles. The zero-order valence-corrected chi connectivity index (χ0v) is 15.3. The normalized spacial score (nSPS) is 16.0. The number of nitrogens with one attached hydrogen (secondary N) is 1. The fraction of sp³-hybridized carbons (Fsp3) is 0.250. The molecule has 0 radical (unpaired) electrons. The lowest BCUT2D eigenvalue weighted by Crippen LogP contribution is -2.17. The van der Waals surface area contributed by atoms with Crippen molar-refractivity contribution in [3.63, 3.8) is 0 Å². The van der Waals surface area contributed by atoms with Gasteiger partial charge < -0.3 is 9.84 Å². The van der Waals surface area contributed by atoms with Crippen LogP contribution in [0.4, 0.5) is 0 Å². The van der Waals surface area contributed by atoms with Crippen LogP contribution >= 0.6 is 0 Å². The second-order valence-electron chi connectivity index (χ2n) is 6.50. The molecule has 1 aliphatic rings. The smallest absolute Gasteiger partial charge is 0.258 e. The number of carbonyl (C=O) groups excluding carboxylic acids is 1. The molecule has 1 saturated heterocycles. The quantitative estimate of drug-likeness (QED) is 0.700. The van der Waals surface area contributed by atoms with Gasteiger partial charge in [0.25, 0.3) is 11.8 Å². The Kier molecular flexibility index (Phi) is 4.72. The molecule has 140 valence electrons. The van der Waals surface area contributed by atoms with Crippen LogP contribution in [0.15, 0.2) is 47.1 Å². The summed E-state index contributed by atoms with van der Waals surface area (Å²) < 4.78 is 5.44. The third-order valence-electron chi connectivity index (χ3n) is 4.78. The summed E-state index contributed by atoms with van der Waals surface area (Å²) in [5, 5.41) is 15.9. The number of likely N-dealkylation sites (tertiary alicyclic amines) is 1. The molecule has 3 heterocycles. The van der Waals surface area contributed by atoms with E-state index in [4.69, 9.17) is 4.52 Å². The van der Waals surface area contributed by atoms with Gasteiger partial charge in [-0.05, 0) is 37.1 Å². The number of nitriles is 1. The van der Waals surface area contributed by atoms with Gasteiger partial charge in [-0.15, -0.1) is 0 Å². The Morgan fingerprint density at radius 3 is 3.04 bits per heavy atom. The number of rotatable bonds is 4. The number of nitrogens with zero attached hydrogens (tertiary/aromatic N) is 5. The van der Waals surface area contributed by atoms with Crippen molar-refractivity contribution in [1.29, 1.82) is 5.26 Å². The standard InChI is InChI=1S/C20H18N6O2/c1-22-19(27)14-5-2-4-13(10-14)16-11-15(7-8-23-16)20-24-18(25-28-20)17-6-3-9-26(17)12-21/h2,4-5,7-8,10-11,17H,3,6,9H2,1H3,(H,22,27). The van der Waals surface area contributed by atoms with Crippen molar-refractivity contribution >= 4 is 5.91 Å². The van der Waals surface area contributed by atoms with Gasteiger partial charge in [0.1, 0.15) is 6.04 Å². The van der Waals surface area contributed by atoms with Crippen molar-refractivity contribution < 1.29 is 9.32 Å². The maximum absolute atomic E-state index is 11.9. The number of benzene rings is 1. The average molecular weight is 374 g/mol. The molecule has 4 rings (SSSR count).